The van der Waals surface area contributed by atoms with Crippen LogP contribution in [-0.4, -0.2) is 67.8 Å². The summed E-state index contributed by atoms with van der Waals surface area (Å²) < 4.78 is 41.4. The van der Waals surface area contributed by atoms with E-state index in [4.69, 9.17) is 26.6 Å². The minimum atomic E-state index is -2.86. The largest absolute Gasteiger partial charge is 0.502 e. The molecule has 0 heterocycles. The third-order valence-electron chi connectivity index (χ3n) is 12.5. The van der Waals surface area contributed by atoms with Crippen molar-refractivity contribution in [3.8, 4) is 0 Å². The van der Waals surface area contributed by atoms with E-state index >= 15 is 0 Å². The summed E-state index contributed by atoms with van der Waals surface area (Å²) >= 11 is 0. The van der Waals surface area contributed by atoms with E-state index in [-0.39, 0.29) is 0 Å². The van der Waals surface area contributed by atoms with Crippen molar-refractivity contribution in [1.29, 1.82) is 0 Å². The molecule has 0 aromatic heterocycles. The van der Waals surface area contributed by atoms with Gasteiger partial charge in [0, 0.05) is 62.2 Å². The molecule has 0 spiro atoms. The molecule has 13 heteroatoms. The van der Waals surface area contributed by atoms with E-state index in [1.54, 1.807) is 0 Å². The Hall–Kier alpha value is 1.94. The molecule has 6 nitrogen and oxygen atoms in total. The first-order valence-corrected chi connectivity index (χ1v) is 39.2. The van der Waals surface area contributed by atoms with Crippen molar-refractivity contribution in [3.05, 3.63) is 0 Å². The van der Waals surface area contributed by atoms with Gasteiger partial charge >= 0.3 is 17.6 Å². The van der Waals surface area contributed by atoms with Crippen LogP contribution in [0.3, 0.4) is 0 Å². The Balaban J connectivity index is 5.66. The van der Waals surface area contributed by atoms with Gasteiger partial charge in [0.05, 0.1) is 0 Å². The first-order chi connectivity index (χ1) is 32.9. The smallest absolute Gasteiger partial charge is 0.373 e. The average Bonchev–Trinajstić information content (AvgIpc) is 3.32. The van der Waals surface area contributed by atoms with Crippen LogP contribution in [0.5, 0.6) is 0 Å². The summed E-state index contributed by atoms with van der Waals surface area (Å²) in [5.74, 6) is 0. The van der Waals surface area contributed by atoms with Gasteiger partial charge in [-0.1, -0.05) is 270 Å². The standard InChI is InChI=1S/C54H114O6S5Si2/c1-9-15-21-27-33-39-45-55-66(56-46-40-34-28-22-16-10-2,57-47-41-35-29-23-17-11-3)51-53(7)61-63-65-64-62-54(8)52-67(58-48-42-36-30-24-18-12-4,59-49-43-37-31-25-19-13-5)60-50-44-38-32-26-20-14-6/h53-54H,9-52H2,1-8H3. The summed E-state index contributed by atoms with van der Waals surface area (Å²) in [6.07, 6.45) is 45.4. The van der Waals surface area contributed by atoms with Crippen LogP contribution in [0.4, 0.5) is 0 Å². The van der Waals surface area contributed by atoms with Crippen molar-refractivity contribution >= 4 is 68.7 Å². The second-order valence-corrected chi connectivity index (χ2v) is 33.2. The van der Waals surface area contributed by atoms with Crippen LogP contribution in [0.2, 0.25) is 12.1 Å². The van der Waals surface area contributed by atoms with E-state index in [9.17, 15) is 0 Å². The average molecular weight is 1080 g/mol. The van der Waals surface area contributed by atoms with Gasteiger partial charge in [0.25, 0.3) is 0 Å². The third kappa shape index (κ3) is 46.2. The fourth-order valence-corrected chi connectivity index (χ4v) is 25.4. The quantitative estimate of drug-likeness (QED) is 0.0333. The highest BCUT2D eigenvalue weighted by molar-refractivity contribution is 9.35. The van der Waals surface area contributed by atoms with E-state index in [1.165, 1.54) is 193 Å². The molecule has 0 fully saturated rings. The number of hydrogen-bond acceptors (Lipinski definition) is 11. The molecule has 0 radical (unpaired) electrons. The lowest BCUT2D eigenvalue weighted by molar-refractivity contribution is 0.0547. The van der Waals surface area contributed by atoms with E-state index in [0.717, 1.165) is 90.3 Å². The van der Waals surface area contributed by atoms with Crippen LogP contribution >= 0.6 is 51.1 Å². The van der Waals surface area contributed by atoms with E-state index < -0.39 is 17.6 Å². The van der Waals surface area contributed by atoms with Gasteiger partial charge < -0.3 is 26.6 Å². The molecule has 0 bridgehead atoms. The van der Waals surface area contributed by atoms with Gasteiger partial charge in [0.1, 0.15) is 0 Å². The number of hydrogen-bond donors (Lipinski definition) is 0. The van der Waals surface area contributed by atoms with Crippen LogP contribution < -0.4 is 0 Å². The minimum Gasteiger partial charge on any atom is -0.373 e. The molecule has 0 saturated carbocycles. The van der Waals surface area contributed by atoms with Crippen molar-refractivity contribution in [2.75, 3.05) is 39.6 Å². The van der Waals surface area contributed by atoms with Crippen molar-refractivity contribution in [2.24, 2.45) is 0 Å². The molecule has 0 N–H and O–H groups in total. The first-order valence-electron chi connectivity index (χ1n) is 29.0. The van der Waals surface area contributed by atoms with Gasteiger partial charge in [0.15, 0.2) is 0 Å². The zero-order chi connectivity index (χ0) is 49.0. The summed E-state index contributed by atoms with van der Waals surface area (Å²) in [5.41, 5.74) is 0. The molecule has 404 valence electrons. The van der Waals surface area contributed by atoms with Crippen molar-refractivity contribution in [3.63, 3.8) is 0 Å². The molecular weight excluding hydrogens is 961 g/mol. The predicted molar refractivity (Wildman–Crippen MR) is 314 cm³/mol. The van der Waals surface area contributed by atoms with Crippen LogP contribution in [0.15, 0.2) is 0 Å². The van der Waals surface area contributed by atoms with Crippen molar-refractivity contribution < 1.29 is 26.6 Å². The van der Waals surface area contributed by atoms with E-state index in [1.807, 2.05) is 51.1 Å². The molecule has 0 rings (SSSR count). The minimum absolute atomic E-state index is 0.368. The fourth-order valence-electron chi connectivity index (χ4n) is 8.21. The Labute approximate surface area is 440 Å². The van der Waals surface area contributed by atoms with E-state index in [0.29, 0.717) is 10.5 Å². The molecule has 0 aromatic carbocycles. The molecule has 0 aromatic rings. The monoisotopic (exact) mass is 1070 g/mol. The molecule has 67 heavy (non-hydrogen) atoms. The Bertz CT molecular complexity index is 803. The lowest BCUT2D eigenvalue weighted by atomic mass is 10.1. The maximum absolute atomic E-state index is 6.90. The Morgan fingerprint density at radius 1 is 0.254 bits per heavy atom. The molecule has 0 amide bonds. The molecule has 0 aliphatic carbocycles. The maximum Gasteiger partial charge on any atom is 0.502 e. The van der Waals surface area contributed by atoms with E-state index in [2.05, 4.69) is 55.4 Å². The van der Waals surface area contributed by atoms with Crippen LogP contribution in [0.25, 0.3) is 0 Å². The number of rotatable bonds is 58. The van der Waals surface area contributed by atoms with Gasteiger partial charge in [-0.25, -0.2) is 0 Å². The second kappa shape index (κ2) is 54.2. The summed E-state index contributed by atoms with van der Waals surface area (Å²) in [7, 11) is 3.91. The van der Waals surface area contributed by atoms with Crippen molar-refractivity contribution in [1.82, 2.24) is 0 Å². The Kier molecular flexibility index (Phi) is 55.8. The first kappa shape index (κ1) is 68.9. The summed E-state index contributed by atoms with van der Waals surface area (Å²) in [6.45, 7) is 23.0. The summed E-state index contributed by atoms with van der Waals surface area (Å²) in [4.78, 5) is 0. The third-order valence-corrected chi connectivity index (χ3v) is 28.6. The highest BCUT2D eigenvalue weighted by atomic mass is 33.8. The van der Waals surface area contributed by atoms with Crippen LogP contribution in [-0.2, 0) is 26.6 Å². The lowest BCUT2D eigenvalue weighted by Gasteiger charge is -2.32. The zero-order valence-electron chi connectivity index (χ0n) is 45.8. The van der Waals surface area contributed by atoms with Gasteiger partial charge in [-0.2, -0.15) is 0 Å². The van der Waals surface area contributed by atoms with Crippen LogP contribution in [0, 0.1) is 0 Å². The highest BCUT2D eigenvalue weighted by Gasteiger charge is 2.44. The SMILES string of the molecule is CCCCCCCCO[Si](CC(C)SSSSSC(C)C[Si](OCCCCCCCC)(OCCCCCCCC)OCCCCCCCC)(OCCCCCCCC)OCCCCCCCC. The molecule has 0 aliphatic heterocycles. The van der Waals surface area contributed by atoms with Crippen LogP contribution in [0.1, 0.15) is 287 Å². The maximum atomic E-state index is 6.90. The lowest BCUT2D eigenvalue weighted by Crippen LogP contribution is -2.48. The van der Waals surface area contributed by atoms with Gasteiger partial charge in [-0.05, 0) is 68.0 Å². The second-order valence-electron chi connectivity index (χ2n) is 19.5. The van der Waals surface area contributed by atoms with Gasteiger partial charge in [-0.15, -0.1) is 0 Å². The molecule has 2 atom stereocenters. The highest BCUT2D eigenvalue weighted by Crippen LogP contribution is 2.52. The predicted octanol–water partition coefficient (Wildman–Crippen LogP) is 21.2. The Morgan fingerprint density at radius 2 is 0.433 bits per heavy atom. The van der Waals surface area contributed by atoms with Gasteiger partial charge in [0.2, 0.25) is 0 Å². The topological polar surface area (TPSA) is 55.4 Å². The molecular formula is C54H114O6S5Si2. The molecule has 0 saturated heterocycles. The van der Waals surface area contributed by atoms with Crippen molar-refractivity contribution in [2.45, 2.75) is 309 Å². The number of unbranched alkanes of at least 4 members (excludes halogenated alkanes) is 30. The summed E-state index contributed by atoms with van der Waals surface area (Å²) in [6, 6.07) is 1.74. The summed E-state index contributed by atoms with van der Waals surface area (Å²) in [5, 5.41) is 0.735. The molecule has 2 unspecified atom stereocenters. The fraction of sp³-hybridized carbons (Fsp3) is 1.00. The van der Waals surface area contributed by atoms with Gasteiger partial charge in [-0.3, -0.25) is 0 Å². The molecule has 0 aliphatic rings. The zero-order valence-corrected chi connectivity index (χ0v) is 51.8. The normalized spacial score (nSPS) is 13.3. The Morgan fingerprint density at radius 3 is 0.627 bits per heavy atom.